The van der Waals surface area contributed by atoms with Gasteiger partial charge in [0.25, 0.3) is 0 Å². The summed E-state index contributed by atoms with van der Waals surface area (Å²) in [7, 11) is 4.07. The van der Waals surface area contributed by atoms with Crippen LogP contribution in [-0.2, 0) is 4.79 Å². The van der Waals surface area contributed by atoms with E-state index in [1.807, 2.05) is 19.0 Å². The second-order valence-electron chi connectivity index (χ2n) is 3.53. The lowest BCUT2D eigenvalue weighted by Gasteiger charge is -2.19. The zero-order chi connectivity index (χ0) is 9.14. The highest BCUT2D eigenvalue weighted by Gasteiger charge is 2.24. The number of carboxylic acids is 1. The van der Waals surface area contributed by atoms with Gasteiger partial charge >= 0.3 is 5.97 Å². The first-order valence-electron chi connectivity index (χ1n) is 4.20. The summed E-state index contributed by atoms with van der Waals surface area (Å²) in [6.07, 6.45) is 1.08. The van der Waals surface area contributed by atoms with Crippen LogP contribution in [0.5, 0.6) is 0 Å². The van der Waals surface area contributed by atoms with Crippen molar-refractivity contribution < 1.29 is 9.90 Å². The molecule has 1 heterocycles. The number of rotatable bonds is 3. The monoisotopic (exact) mass is 172 g/mol. The van der Waals surface area contributed by atoms with Crippen LogP contribution >= 0.6 is 0 Å². The van der Waals surface area contributed by atoms with Crippen LogP contribution in [0.4, 0.5) is 0 Å². The quantitative estimate of drug-likeness (QED) is 0.635. The second kappa shape index (κ2) is 3.87. The Bertz CT molecular complexity index is 170. The van der Waals surface area contributed by atoms with Crippen molar-refractivity contribution in [2.45, 2.75) is 12.5 Å². The van der Waals surface area contributed by atoms with Crippen LogP contribution in [0.1, 0.15) is 6.42 Å². The van der Waals surface area contributed by atoms with Crippen LogP contribution in [0, 0.1) is 0 Å². The third kappa shape index (κ3) is 2.46. The van der Waals surface area contributed by atoms with Crippen LogP contribution in [0.15, 0.2) is 0 Å². The maximum Gasteiger partial charge on any atom is 0.317 e. The summed E-state index contributed by atoms with van der Waals surface area (Å²) in [5.74, 6) is -0.727. The summed E-state index contributed by atoms with van der Waals surface area (Å²) < 4.78 is 0. The number of carboxylic acid groups (broad SMARTS) is 1. The van der Waals surface area contributed by atoms with E-state index in [1.54, 1.807) is 0 Å². The zero-order valence-electron chi connectivity index (χ0n) is 7.66. The van der Waals surface area contributed by atoms with Gasteiger partial charge in [0.05, 0.1) is 6.54 Å². The van der Waals surface area contributed by atoms with Crippen molar-refractivity contribution in [1.82, 2.24) is 9.80 Å². The molecule has 0 saturated carbocycles. The average molecular weight is 172 g/mol. The van der Waals surface area contributed by atoms with Crippen LogP contribution in [0.2, 0.25) is 0 Å². The van der Waals surface area contributed by atoms with Gasteiger partial charge in [0.2, 0.25) is 0 Å². The fourth-order valence-corrected chi connectivity index (χ4v) is 1.57. The van der Waals surface area contributed by atoms with E-state index in [0.717, 1.165) is 19.5 Å². The van der Waals surface area contributed by atoms with Crippen molar-refractivity contribution >= 4 is 5.97 Å². The summed E-state index contributed by atoms with van der Waals surface area (Å²) in [5, 5.41) is 8.54. The summed E-state index contributed by atoms with van der Waals surface area (Å²) in [4.78, 5) is 14.5. The van der Waals surface area contributed by atoms with Gasteiger partial charge in [0.1, 0.15) is 0 Å². The number of carbonyl (C=O) groups is 1. The minimum atomic E-state index is -0.727. The van der Waals surface area contributed by atoms with Crippen LogP contribution in [0.25, 0.3) is 0 Å². The fourth-order valence-electron chi connectivity index (χ4n) is 1.57. The van der Waals surface area contributed by atoms with Gasteiger partial charge in [-0.15, -0.1) is 0 Å². The molecule has 4 nitrogen and oxygen atoms in total. The SMILES string of the molecule is CN(C)[C@@H]1CCN(CC(=O)O)C1. The number of likely N-dealkylation sites (N-methyl/N-ethyl adjacent to an activating group) is 1. The molecule has 4 heteroatoms. The van der Waals surface area contributed by atoms with E-state index in [-0.39, 0.29) is 6.54 Å². The summed E-state index contributed by atoms with van der Waals surface area (Å²) in [6, 6.07) is 0.532. The zero-order valence-corrected chi connectivity index (χ0v) is 7.66. The molecule has 0 radical (unpaired) electrons. The van der Waals surface area contributed by atoms with Crippen LogP contribution in [-0.4, -0.2) is 60.6 Å². The normalized spacial score (nSPS) is 25.1. The van der Waals surface area contributed by atoms with Gasteiger partial charge in [-0.2, -0.15) is 0 Å². The molecule has 0 aromatic rings. The van der Waals surface area contributed by atoms with Gasteiger partial charge in [-0.3, -0.25) is 9.69 Å². The highest BCUT2D eigenvalue weighted by Crippen LogP contribution is 2.11. The largest absolute Gasteiger partial charge is 0.480 e. The molecule has 0 bridgehead atoms. The van der Waals surface area contributed by atoms with Gasteiger partial charge in [0, 0.05) is 19.1 Å². The first-order chi connectivity index (χ1) is 5.59. The Kier molecular flexibility index (Phi) is 3.05. The lowest BCUT2D eigenvalue weighted by molar-refractivity contribution is -0.138. The van der Waals surface area contributed by atoms with Crippen molar-refractivity contribution in [1.29, 1.82) is 0 Å². The molecule has 0 aromatic heterocycles. The number of likely N-dealkylation sites (tertiary alicyclic amines) is 1. The lowest BCUT2D eigenvalue weighted by atomic mass is 10.2. The predicted octanol–water partition coefficient (Wildman–Crippen LogP) is -0.293. The maximum absolute atomic E-state index is 10.4. The Hall–Kier alpha value is -0.610. The fraction of sp³-hybridized carbons (Fsp3) is 0.875. The van der Waals surface area contributed by atoms with Gasteiger partial charge in [0.15, 0.2) is 0 Å². The first kappa shape index (κ1) is 9.48. The number of nitrogens with zero attached hydrogens (tertiary/aromatic N) is 2. The predicted molar refractivity (Wildman–Crippen MR) is 46.2 cm³/mol. The van der Waals surface area contributed by atoms with Gasteiger partial charge in [-0.1, -0.05) is 0 Å². The van der Waals surface area contributed by atoms with Crippen molar-refractivity contribution in [2.24, 2.45) is 0 Å². The highest BCUT2D eigenvalue weighted by atomic mass is 16.4. The van der Waals surface area contributed by atoms with Crippen LogP contribution < -0.4 is 0 Å². The first-order valence-corrected chi connectivity index (χ1v) is 4.20. The minimum Gasteiger partial charge on any atom is -0.480 e. The molecule has 0 aromatic carbocycles. The molecular formula is C8H16N2O2. The third-order valence-corrected chi connectivity index (χ3v) is 2.34. The van der Waals surface area contributed by atoms with Gasteiger partial charge in [-0.25, -0.2) is 0 Å². The lowest BCUT2D eigenvalue weighted by Crippen LogP contribution is -2.33. The Labute approximate surface area is 72.8 Å². The number of hydrogen-bond acceptors (Lipinski definition) is 3. The highest BCUT2D eigenvalue weighted by molar-refractivity contribution is 5.69. The molecular weight excluding hydrogens is 156 g/mol. The molecule has 1 aliphatic rings. The molecule has 1 N–H and O–H groups in total. The number of hydrogen-bond donors (Lipinski definition) is 1. The Balaban J connectivity index is 2.30. The smallest absolute Gasteiger partial charge is 0.317 e. The summed E-state index contributed by atoms with van der Waals surface area (Å²) in [6.45, 7) is 1.98. The summed E-state index contributed by atoms with van der Waals surface area (Å²) >= 11 is 0. The van der Waals surface area contributed by atoms with Crippen molar-refractivity contribution in [3.8, 4) is 0 Å². The Morgan fingerprint density at radius 1 is 1.67 bits per heavy atom. The minimum absolute atomic E-state index is 0.185. The number of aliphatic carboxylic acids is 1. The van der Waals surface area contributed by atoms with E-state index in [0.29, 0.717) is 6.04 Å². The van der Waals surface area contributed by atoms with E-state index in [4.69, 9.17) is 5.11 Å². The topological polar surface area (TPSA) is 43.8 Å². The molecule has 0 unspecified atom stereocenters. The van der Waals surface area contributed by atoms with Crippen molar-refractivity contribution in [2.75, 3.05) is 33.7 Å². The molecule has 1 atom stereocenters. The van der Waals surface area contributed by atoms with Crippen molar-refractivity contribution in [3.63, 3.8) is 0 Å². The van der Waals surface area contributed by atoms with Gasteiger partial charge < -0.3 is 10.0 Å². The van der Waals surface area contributed by atoms with E-state index in [2.05, 4.69) is 4.90 Å². The second-order valence-corrected chi connectivity index (χ2v) is 3.53. The van der Waals surface area contributed by atoms with E-state index in [1.165, 1.54) is 0 Å². The van der Waals surface area contributed by atoms with E-state index < -0.39 is 5.97 Å². The van der Waals surface area contributed by atoms with E-state index >= 15 is 0 Å². The molecule has 1 saturated heterocycles. The Morgan fingerprint density at radius 3 is 2.75 bits per heavy atom. The molecule has 12 heavy (non-hydrogen) atoms. The third-order valence-electron chi connectivity index (χ3n) is 2.34. The van der Waals surface area contributed by atoms with Crippen molar-refractivity contribution in [3.05, 3.63) is 0 Å². The Morgan fingerprint density at radius 2 is 2.33 bits per heavy atom. The standard InChI is InChI=1S/C8H16N2O2/c1-9(2)7-3-4-10(5-7)6-8(11)12/h7H,3-6H2,1-2H3,(H,11,12)/t7-/m1/s1. The molecule has 0 aliphatic carbocycles. The maximum atomic E-state index is 10.4. The molecule has 70 valence electrons. The molecule has 1 fully saturated rings. The van der Waals surface area contributed by atoms with E-state index in [9.17, 15) is 4.79 Å². The molecule has 1 rings (SSSR count). The molecule has 0 spiro atoms. The van der Waals surface area contributed by atoms with Crippen LogP contribution in [0.3, 0.4) is 0 Å². The average Bonchev–Trinajstić information content (AvgIpc) is 2.34. The summed E-state index contributed by atoms with van der Waals surface area (Å²) in [5.41, 5.74) is 0. The van der Waals surface area contributed by atoms with Gasteiger partial charge in [-0.05, 0) is 20.5 Å². The molecule has 0 amide bonds. The molecule has 1 aliphatic heterocycles.